The van der Waals surface area contributed by atoms with Crippen LogP contribution in [0.15, 0.2) is 24.3 Å². The molecule has 1 saturated heterocycles. The Morgan fingerprint density at radius 1 is 1.00 bits per heavy atom. The van der Waals surface area contributed by atoms with Crippen LogP contribution in [0.3, 0.4) is 0 Å². The highest BCUT2D eigenvalue weighted by atomic mass is 16.2. The van der Waals surface area contributed by atoms with Gasteiger partial charge in [-0.2, -0.15) is 0 Å². The number of carbonyl (C=O) groups is 3. The summed E-state index contributed by atoms with van der Waals surface area (Å²) in [6.07, 6.45) is 2.25. The Balaban J connectivity index is 1.54. The van der Waals surface area contributed by atoms with Gasteiger partial charge in [-0.1, -0.05) is 12.1 Å². The number of amides is 3. The molecule has 2 aliphatic rings. The molecule has 1 aromatic heterocycles. The second-order valence-electron chi connectivity index (χ2n) is 7.45. The molecule has 1 unspecified atom stereocenters. The Kier molecular flexibility index (Phi) is 4.77. The maximum absolute atomic E-state index is 12.9. The lowest BCUT2D eigenvalue weighted by Gasteiger charge is -2.23. The van der Waals surface area contributed by atoms with Crippen molar-refractivity contribution in [3.05, 3.63) is 46.8 Å². The molecule has 1 aromatic carbocycles. The first-order chi connectivity index (χ1) is 13.9. The molecule has 150 valence electrons. The number of imide groups is 1. The number of aromatic nitrogens is 2. The fraction of sp³-hybridized carbons (Fsp3) is 0.381. The van der Waals surface area contributed by atoms with Crippen LogP contribution in [0.1, 0.15) is 51.9 Å². The number of hydrogen-bond acceptors (Lipinski definition) is 6. The van der Waals surface area contributed by atoms with Crippen LogP contribution in [0.2, 0.25) is 0 Å². The monoisotopic (exact) mass is 393 g/mol. The third kappa shape index (κ3) is 3.24. The Labute approximate surface area is 168 Å². The molecule has 1 N–H and O–H groups in total. The molecule has 4 rings (SSSR count). The number of nitrogens with one attached hydrogen (secondary N) is 1. The van der Waals surface area contributed by atoms with Crippen LogP contribution in [0.25, 0.3) is 0 Å². The lowest BCUT2D eigenvalue weighted by molar-refractivity contribution is -0.119. The maximum Gasteiger partial charge on any atom is 0.262 e. The predicted octanol–water partition coefficient (Wildman–Crippen LogP) is 2.32. The molecule has 8 heteroatoms. The van der Waals surface area contributed by atoms with Gasteiger partial charge in [-0.05, 0) is 45.7 Å². The standard InChI is InChI=1S/C21H23N5O3/c1-12-17(13(2)23-21(22-12)25-10-6-7-11-25)24-18(27)14(3)26-19(28)15-8-4-5-9-16(15)20(26)29/h4-5,8-9,14H,6-7,10-11H2,1-3H3,(H,24,27). The first-order valence-corrected chi connectivity index (χ1v) is 9.76. The van der Waals surface area contributed by atoms with E-state index in [1.54, 1.807) is 31.2 Å². The van der Waals surface area contributed by atoms with Crippen LogP contribution in [-0.4, -0.2) is 51.7 Å². The molecule has 0 bridgehead atoms. The summed E-state index contributed by atoms with van der Waals surface area (Å²) in [5.41, 5.74) is 2.47. The summed E-state index contributed by atoms with van der Waals surface area (Å²) >= 11 is 0. The van der Waals surface area contributed by atoms with E-state index in [1.807, 2.05) is 13.8 Å². The van der Waals surface area contributed by atoms with Gasteiger partial charge in [0.1, 0.15) is 6.04 Å². The van der Waals surface area contributed by atoms with E-state index in [1.165, 1.54) is 0 Å². The molecule has 1 fully saturated rings. The first kappa shape index (κ1) is 19.0. The lowest BCUT2D eigenvalue weighted by Crippen LogP contribution is -2.45. The first-order valence-electron chi connectivity index (χ1n) is 9.76. The number of rotatable bonds is 4. The number of hydrogen-bond donors (Lipinski definition) is 1. The molecular formula is C21H23N5O3. The minimum atomic E-state index is -0.959. The largest absolute Gasteiger partial charge is 0.341 e. The molecule has 3 amide bonds. The average molecular weight is 393 g/mol. The number of benzene rings is 1. The van der Waals surface area contributed by atoms with Crippen molar-refractivity contribution in [3.63, 3.8) is 0 Å². The molecule has 1 atom stereocenters. The van der Waals surface area contributed by atoms with Crippen LogP contribution in [0.4, 0.5) is 11.6 Å². The zero-order valence-corrected chi connectivity index (χ0v) is 16.7. The van der Waals surface area contributed by atoms with Crippen molar-refractivity contribution < 1.29 is 14.4 Å². The second-order valence-corrected chi connectivity index (χ2v) is 7.45. The van der Waals surface area contributed by atoms with Crippen LogP contribution in [-0.2, 0) is 4.79 Å². The van der Waals surface area contributed by atoms with E-state index >= 15 is 0 Å². The van der Waals surface area contributed by atoms with Crippen molar-refractivity contribution in [2.75, 3.05) is 23.3 Å². The smallest absolute Gasteiger partial charge is 0.262 e. The number of carbonyl (C=O) groups excluding carboxylic acids is 3. The minimum absolute atomic E-state index is 0.322. The van der Waals surface area contributed by atoms with E-state index in [-0.39, 0.29) is 0 Å². The SMILES string of the molecule is Cc1nc(N2CCCC2)nc(C)c1NC(=O)C(C)N1C(=O)c2ccccc2C1=O. The highest BCUT2D eigenvalue weighted by Gasteiger charge is 2.40. The topological polar surface area (TPSA) is 95.5 Å². The molecule has 3 heterocycles. The van der Waals surface area contributed by atoms with E-state index in [0.29, 0.717) is 34.2 Å². The van der Waals surface area contributed by atoms with E-state index in [4.69, 9.17) is 0 Å². The Morgan fingerprint density at radius 2 is 1.52 bits per heavy atom. The zero-order valence-electron chi connectivity index (χ0n) is 16.7. The van der Waals surface area contributed by atoms with Gasteiger partial charge < -0.3 is 10.2 Å². The van der Waals surface area contributed by atoms with Gasteiger partial charge in [-0.3, -0.25) is 19.3 Å². The van der Waals surface area contributed by atoms with Crippen molar-refractivity contribution in [1.82, 2.24) is 14.9 Å². The molecule has 0 aliphatic carbocycles. The summed E-state index contributed by atoms with van der Waals surface area (Å²) in [5, 5.41) is 2.81. The highest BCUT2D eigenvalue weighted by molar-refractivity contribution is 6.23. The van der Waals surface area contributed by atoms with Gasteiger partial charge in [0.05, 0.1) is 28.2 Å². The molecule has 8 nitrogen and oxygen atoms in total. The maximum atomic E-state index is 12.9. The van der Waals surface area contributed by atoms with Crippen LogP contribution < -0.4 is 10.2 Å². The molecular weight excluding hydrogens is 370 g/mol. The van der Waals surface area contributed by atoms with Crippen LogP contribution in [0, 0.1) is 13.8 Å². The van der Waals surface area contributed by atoms with E-state index < -0.39 is 23.8 Å². The molecule has 2 aliphatic heterocycles. The normalized spacial score (nSPS) is 16.9. The van der Waals surface area contributed by atoms with E-state index in [9.17, 15) is 14.4 Å². The molecule has 0 saturated carbocycles. The van der Waals surface area contributed by atoms with Crippen molar-refractivity contribution in [2.24, 2.45) is 0 Å². The quantitative estimate of drug-likeness (QED) is 0.801. The third-order valence-corrected chi connectivity index (χ3v) is 5.49. The van der Waals surface area contributed by atoms with Gasteiger partial charge in [0, 0.05) is 13.1 Å². The lowest BCUT2D eigenvalue weighted by atomic mass is 10.1. The van der Waals surface area contributed by atoms with Gasteiger partial charge >= 0.3 is 0 Å². The zero-order chi connectivity index (χ0) is 20.7. The summed E-state index contributed by atoms with van der Waals surface area (Å²) in [7, 11) is 0. The number of anilines is 2. The summed E-state index contributed by atoms with van der Waals surface area (Å²) < 4.78 is 0. The summed E-state index contributed by atoms with van der Waals surface area (Å²) in [6.45, 7) is 7.04. The van der Waals surface area contributed by atoms with Crippen LogP contribution in [0.5, 0.6) is 0 Å². The van der Waals surface area contributed by atoms with E-state index in [0.717, 1.165) is 30.8 Å². The fourth-order valence-electron chi connectivity index (χ4n) is 3.84. The number of aryl methyl sites for hydroxylation is 2. The molecule has 0 radical (unpaired) electrons. The van der Waals surface area contributed by atoms with Gasteiger partial charge in [-0.25, -0.2) is 9.97 Å². The third-order valence-electron chi connectivity index (χ3n) is 5.49. The van der Waals surface area contributed by atoms with Crippen molar-refractivity contribution in [3.8, 4) is 0 Å². The van der Waals surface area contributed by atoms with Crippen LogP contribution >= 0.6 is 0 Å². The molecule has 29 heavy (non-hydrogen) atoms. The van der Waals surface area contributed by atoms with Crippen molar-refractivity contribution >= 4 is 29.4 Å². The van der Waals surface area contributed by atoms with Crippen molar-refractivity contribution in [1.29, 1.82) is 0 Å². The highest BCUT2D eigenvalue weighted by Crippen LogP contribution is 2.26. The fourth-order valence-corrected chi connectivity index (χ4v) is 3.84. The van der Waals surface area contributed by atoms with Gasteiger partial charge in [-0.15, -0.1) is 0 Å². The Hall–Kier alpha value is -3.29. The number of fused-ring (bicyclic) bond motifs is 1. The minimum Gasteiger partial charge on any atom is -0.341 e. The van der Waals surface area contributed by atoms with Gasteiger partial charge in [0.2, 0.25) is 11.9 Å². The summed E-state index contributed by atoms with van der Waals surface area (Å²) in [6, 6.07) is 5.63. The average Bonchev–Trinajstić information content (AvgIpc) is 3.32. The van der Waals surface area contributed by atoms with Gasteiger partial charge in [0.25, 0.3) is 11.8 Å². The van der Waals surface area contributed by atoms with Gasteiger partial charge in [0.15, 0.2) is 0 Å². The summed E-state index contributed by atoms with van der Waals surface area (Å²) in [4.78, 5) is 50.3. The molecule has 2 aromatic rings. The van der Waals surface area contributed by atoms with Crippen molar-refractivity contribution in [2.45, 2.75) is 39.7 Å². The summed E-state index contributed by atoms with van der Waals surface area (Å²) in [5.74, 6) is -0.697. The predicted molar refractivity (Wildman–Crippen MR) is 108 cm³/mol. The Morgan fingerprint density at radius 3 is 2.03 bits per heavy atom. The number of nitrogens with zero attached hydrogens (tertiary/aromatic N) is 4. The molecule has 0 spiro atoms. The Bertz CT molecular complexity index is 955. The second kappa shape index (κ2) is 7.27. The van der Waals surface area contributed by atoms with E-state index in [2.05, 4.69) is 20.2 Å².